The third-order valence-electron chi connectivity index (χ3n) is 5.64. The SMILES string of the molecule is O=C(N[C@H]1C[C@@H](c2c(-c3ccc(F)cc3)[nH]c3c(F)cc(F)cc32)C1)c1cn[nH]c1. The minimum absolute atomic E-state index is 0.00495. The van der Waals surface area contributed by atoms with E-state index in [0.29, 0.717) is 35.0 Å². The second-order valence-electron chi connectivity index (χ2n) is 7.56. The van der Waals surface area contributed by atoms with Crippen LogP contribution in [0.15, 0.2) is 48.8 Å². The Morgan fingerprint density at radius 1 is 1.07 bits per heavy atom. The maximum atomic E-state index is 14.4. The van der Waals surface area contributed by atoms with Crippen LogP contribution in [-0.2, 0) is 0 Å². The molecular formula is C22H17F3N4O. The van der Waals surface area contributed by atoms with Crippen LogP contribution in [0.3, 0.4) is 0 Å². The molecule has 0 spiro atoms. The Labute approximate surface area is 169 Å². The summed E-state index contributed by atoms with van der Waals surface area (Å²) in [5.41, 5.74) is 2.77. The lowest BCUT2D eigenvalue weighted by Gasteiger charge is -2.36. The number of hydrogen-bond donors (Lipinski definition) is 3. The van der Waals surface area contributed by atoms with E-state index < -0.39 is 11.6 Å². The zero-order valence-corrected chi connectivity index (χ0v) is 15.7. The molecule has 0 atom stereocenters. The number of nitrogens with one attached hydrogen (secondary N) is 3. The summed E-state index contributed by atoms with van der Waals surface area (Å²) in [4.78, 5) is 15.3. The fourth-order valence-corrected chi connectivity index (χ4v) is 4.12. The summed E-state index contributed by atoms with van der Waals surface area (Å²) >= 11 is 0. The van der Waals surface area contributed by atoms with Crippen molar-refractivity contribution >= 4 is 16.8 Å². The molecule has 4 aromatic rings. The van der Waals surface area contributed by atoms with Crippen molar-refractivity contribution < 1.29 is 18.0 Å². The summed E-state index contributed by atoms with van der Waals surface area (Å²) < 4.78 is 41.8. The molecule has 30 heavy (non-hydrogen) atoms. The van der Waals surface area contributed by atoms with E-state index in [4.69, 9.17) is 0 Å². The minimum atomic E-state index is -0.677. The molecule has 2 aromatic carbocycles. The van der Waals surface area contributed by atoms with E-state index in [9.17, 15) is 18.0 Å². The number of nitrogens with zero attached hydrogens (tertiary/aromatic N) is 1. The van der Waals surface area contributed by atoms with Gasteiger partial charge in [0.25, 0.3) is 5.91 Å². The van der Waals surface area contributed by atoms with E-state index >= 15 is 0 Å². The van der Waals surface area contributed by atoms with Crippen LogP contribution in [0.1, 0.15) is 34.7 Å². The second-order valence-corrected chi connectivity index (χ2v) is 7.56. The molecule has 5 rings (SSSR count). The van der Waals surface area contributed by atoms with Gasteiger partial charge in [-0.05, 0) is 60.2 Å². The van der Waals surface area contributed by atoms with Crippen LogP contribution in [0.25, 0.3) is 22.2 Å². The van der Waals surface area contributed by atoms with Gasteiger partial charge in [-0.1, -0.05) is 0 Å². The average molecular weight is 410 g/mol. The Bertz CT molecular complexity index is 1230. The highest BCUT2D eigenvalue weighted by Crippen LogP contribution is 2.45. The summed E-state index contributed by atoms with van der Waals surface area (Å²) in [6.07, 6.45) is 4.22. The molecule has 1 saturated carbocycles. The number of hydrogen-bond acceptors (Lipinski definition) is 2. The van der Waals surface area contributed by atoms with Gasteiger partial charge in [0, 0.05) is 23.7 Å². The molecule has 1 aliphatic carbocycles. The number of carbonyl (C=O) groups excluding carboxylic acids is 1. The van der Waals surface area contributed by atoms with Crippen LogP contribution in [0.5, 0.6) is 0 Å². The quantitative estimate of drug-likeness (QED) is 0.458. The summed E-state index contributed by atoms with van der Waals surface area (Å²) in [6.45, 7) is 0. The predicted molar refractivity (Wildman–Crippen MR) is 105 cm³/mol. The van der Waals surface area contributed by atoms with E-state index in [2.05, 4.69) is 20.5 Å². The van der Waals surface area contributed by atoms with Gasteiger partial charge in [0.05, 0.1) is 23.0 Å². The molecule has 1 aliphatic rings. The number of rotatable bonds is 4. The molecule has 5 nitrogen and oxygen atoms in total. The topological polar surface area (TPSA) is 73.6 Å². The monoisotopic (exact) mass is 410 g/mol. The molecule has 3 N–H and O–H groups in total. The van der Waals surface area contributed by atoms with Crippen LogP contribution in [0.2, 0.25) is 0 Å². The summed E-state index contributed by atoms with van der Waals surface area (Å²) in [7, 11) is 0. The average Bonchev–Trinajstić information content (AvgIpc) is 3.33. The number of aromatic nitrogens is 3. The molecular weight excluding hydrogens is 393 g/mol. The van der Waals surface area contributed by atoms with Crippen LogP contribution >= 0.6 is 0 Å². The van der Waals surface area contributed by atoms with Gasteiger partial charge in [0.1, 0.15) is 17.5 Å². The third kappa shape index (κ3) is 3.14. The lowest BCUT2D eigenvalue weighted by atomic mass is 9.74. The van der Waals surface area contributed by atoms with E-state index in [1.165, 1.54) is 30.6 Å². The van der Waals surface area contributed by atoms with Crippen molar-refractivity contribution in [2.45, 2.75) is 24.8 Å². The lowest BCUT2D eigenvalue weighted by molar-refractivity contribution is 0.0909. The van der Waals surface area contributed by atoms with E-state index in [-0.39, 0.29) is 29.2 Å². The molecule has 0 bridgehead atoms. The first kappa shape index (κ1) is 18.5. The molecule has 1 fully saturated rings. The fourth-order valence-electron chi connectivity index (χ4n) is 4.12. The summed E-state index contributed by atoms with van der Waals surface area (Å²) in [6, 6.07) is 7.97. The van der Waals surface area contributed by atoms with Crippen LogP contribution in [-0.4, -0.2) is 27.1 Å². The van der Waals surface area contributed by atoms with Crippen molar-refractivity contribution in [3.63, 3.8) is 0 Å². The molecule has 1 amide bonds. The van der Waals surface area contributed by atoms with Crippen molar-refractivity contribution in [2.75, 3.05) is 0 Å². The molecule has 0 unspecified atom stereocenters. The van der Waals surface area contributed by atoms with Crippen LogP contribution in [0, 0.1) is 17.5 Å². The molecule has 2 heterocycles. The fraction of sp³-hybridized carbons (Fsp3) is 0.182. The highest BCUT2D eigenvalue weighted by Gasteiger charge is 2.35. The zero-order chi connectivity index (χ0) is 20.8. The molecule has 0 aliphatic heterocycles. The van der Waals surface area contributed by atoms with Gasteiger partial charge < -0.3 is 10.3 Å². The number of benzene rings is 2. The van der Waals surface area contributed by atoms with Gasteiger partial charge in [-0.3, -0.25) is 9.89 Å². The van der Waals surface area contributed by atoms with Gasteiger partial charge in [-0.15, -0.1) is 0 Å². The van der Waals surface area contributed by atoms with Crippen LogP contribution < -0.4 is 5.32 Å². The minimum Gasteiger partial charge on any atom is -0.352 e. The first-order valence-electron chi connectivity index (χ1n) is 9.56. The smallest absolute Gasteiger partial charge is 0.254 e. The zero-order valence-electron chi connectivity index (χ0n) is 15.7. The number of aromatic amines is 2. The standard InChI is InChI=1S/C22H17F3N4O/c23-14-3-1-11(2-4-14)20-19(17-7-15(24)8-18(25)21(17)29-20)12-5-16(6-12)28-22(30)13-9-26-27-10-13/h1-4,7-10,12,16,29H,5-6H2,(H,26,27)(H,28,30)/t12-,16+. The van der Waals surface area contributed by atoms with E-state index in [1.54, 1.807) is 12.1 Å². The number of amides is 1. The third-order valence-corrected chi connectivity index (χ3v) is 5.64. The first-order chi connectivity index (χ1) is 14.5. The Morgan fingerprint density at radius 2 is 1.83 bits per heavy atom. The summed E-state index contributed by atoms with van der Waals surface area (Å²) in [5, 5.41) is 9.77. The summed E-state index contributed by atoms with van der Waals surface area (Å²) in [5.74, 6) is -1.94. The van der Waals surface area contributed by atoms with Crippen molar-refractivity contribution in [1.29, 1.82) is 0 Å². The predicted octanol–water partition coefficient (Wildman–Crippen LogP) is 4.65. The number of fused-ring (bicyclic) bond motifs is 1. The van der Waals surface area contributed by atoms with Gasteiger partial charge in [-0.25, -0.2) is 13.2 Å². The Balaban J connectivity index is 1.48. The van der Waals surface area contributed by atoms with Crippen molar-refractivity contribution in [1.82, 2.24) is 20.5 Å². The van der Waals surface area contributed by atoms with E-state index in [1.807, 2.05) is 0 Å². The number of carbonyl (C=O) groups is 1. The lowest BCUT2D eigenvalue weighted by Crippen LogP contribution is -2.43. The molecule has 2 aromatic heterocycles. The maximum absolute atomic E-state index is 14.4. The molecule has 0 saturated heterocycles. The number of H-pyrrole nitrogens is 2. The maximum Gasteiger partial charge on any atom is 0.254 e. The van der Waals surface area contributed by atoms with Gasteiger partial charge in [0.15, 0.2) is 0 Å². The highest BCUT2D eigenvalue weighted by molar-refractivity contribution is 5.94. The van der Waals surface area contributed by atoms with Gasteiger partial charge >= 0.3 is 0 Å². The first-order valence-corrected chi connectivity index (χ1v) is 9.56. The Morgan fingerprint density at radius 3 is 2.53 bits per heavy atom. The Kier molecular flexibility index (Phi) is 4.34. The largest absolute Gasteiger partial charge is 0.352 e. The Hall–Kier alpha value is -3.55. The van der Waals surface area contributed by atoms with Gasteiger partial charge in [-0.2, -0.15) is 5.10 Å². The van der Waals surface area contributed by atoms with Crippen molar-refractivity contribution in [3.05, 3.63) is 77.4 Å². The highest BCUT2D eigenvalue weighted by atomic mass is 19.1. The number of halogens is 3. The van der Waals surface area contributed by atoms with Crippen LogP contribution in [0.4, 0.5) is 13.2 Å². The second kappa shape index (κ2) is 7.05. The van der Waals surface area contributed by atoms with Crippen molar-refractivity contribution in [2.24, 2.45) is 0 Å². The normalized spacial score (nSPS) is 18.4. The van der Waals surface area contributed by atoms with E-state index in [0.717, 1.165) is 11.6 Å². The van der Waals surface area contributed by atoms with Crippen molar-refractivity contribution in [3.8, 4) is 11.3 Å². The van der Waals surface area contributed by atoms with Gasteiger partial charge in [0.2, 0.25) is 0 Å². The molecule has 152 valence electrons. The molecule has 8 heteroatoms. The molecule has 0 radical (unpaired) electrons.